The van der Waals surface area contributed by atoms with Crippen LogP contribution in [0.3, 0.4) is 0 Å². The molecular weight excluding hydrogens is 496 g/mol. The molecule has 148 valence electrons. The SMILES string of the molecule is CCNC(=NCc1cccc(F)c1)NCc1nc(-c2ccc(Cl)cc2)no1.I. The molecule has 0 saturated heterocycles. The lowest BCUT2D eigenvalue weighted by molar-refractivity contribution is 0.375. The molecular formula is C19H20ClFIN5O. The van der Waals surface area contributed by atoms with E-state index in [-0.39, 0.29) is 29.8 Å². The van der Waals surface area contributed by atoms with Gasteiger partial charge in [0.05, 0.1) is 13.1 Å². The molecule has 0 aliphatic rings. The highest BCUT2D eigenvalue weighted by molar-refractivity contribution is 14.0. The van der Waals surface area contributed by atoms with Gasteiger partial charge < -0.3 is 15.2 Å². The summed E-state index contributed by atoms with van der Waals surface area (Å²) in [4.78, 5) is 8.79. The van der Waals surface area contributed by atoms with E-state index in [0.29, 0.717) is 42.3 Å². The highest BCUT2D eigenvalue weighted by atomic mass is 127. The fraction of sp³-hybridized carbons (Fsp3) is 0.211. The highest BCUT2D eigenvalue weighted by Gasteiger charge is 2.09. The molecule has 0 aliphatic carbocycles. The van der Waals surface area contributed by atoms with Crippen molar-refractivity contribution in [3.8, 4) is 11.4 Å². The number of hydrogen-bond acceptors (Lipinski definition) is 4. The molecule has 0 radical (unpaired) electrons. The fourth-order valence-corrected chi connectivity index (χ4v) is 2.48. The fourth-order valence-electron chi connectivity index (χ4n) is 2.35. The van der Waals surface area contributed by atoms with Crippen molar-refractivity contribution < 1.29 is 8.91 Å². The Bertz CT molecular complexity index is 917. The van der Waals surface area contributed by atoms with Crippen LogP contribution in [0, 0.1) is 5.82 Å². The number of aromatic nitrogens is 2. The normalized spacial score (nSPS) is 11.0. The Morgan fingerprint density at radius 2 is 1.96 bits per heavy atom. The maximum Gasteiger partial charge on any atom is 0.246 e. The van der Waals surface area contributed by atoms with Crippen molar-refractivity contribution in [2.45, 2.75) is 20.0 Å². The third kappa shape index (κ3) is 6.45. The first-order chi connectivity index (χ1) is 13.1. The Labute approximate surface area is 184 Å². The summed E-state index contributed by atoms with van der Waals surface area (Å²) < 4.78 is 18.5. The van der Waals surface area contributed by atoms with Crippen LogP contribution in [0.25, 0.3) is 11.4 Å². The van der Waals surface area contributed by atoms with Gasteiger partial charge in [0.1, 0.15) is 5.82 Å². The number of nitrogens with zero attached hydrogens (tertiary/aromatic N) is 3. The van der Waals surface area contributed by atoms with Crippen molar-refractivity contribution in [1.29, 1.82) is 0 Å². The molecule has 0 spiro atoms. The maximum atomic E-state index is 13.3. The molecule has 0 aliphatic heterocycles. The van der Waals surface area contributed by atoms with Gasteiger partial charge in [0.15, 0.2) is 5.96 Å². The third-order valence-corrected chi connectivity index (χ3v) is 3.88. The van der Waals surface area contributed by atoms with Crippen molar-refractivity contribution >= 4 is 41.5 Å². The minimum Gasteiger partial charge on any atom is -0.357 e. The molecule has 1 aromatic heterocycles. The summed E-state index contributed by atoms with van der Waals surface area (Å²) in [7, 11) is 0. The first-order valence-electron chi connectivity index (χ1n) is 8.49. The average molecular weight is 516 g/mol. The van der Waals surface area contributed by atoms with Crippen LogP contribution in [-0.2, 0) is 13.1 Å². The smallest absolute Gasteiger partial charge is 0.246 e. The molecule has 0 amide bonds. The second-order valence-electron chi connectivity index (χ2n) is 5.70. The van der Waals surface area contributed by atoms with E-state index in [0.717, 1.165) is 11.1 Å². The van der Waals surface area contributed by atoms with E-state index in [1.807, 2.05) is 25.1 Å². The highest BCUT2D eigenvalue weighted by Crippen LogP contribution is 2.18. The molecule has 3 aromatic rings. The minimum absolute atomic E-state index is 0. The van der Waals surface area contributed by atoms with Gasteiger partial charge in [-0.15, -0.1) is 24.0 Å². The van der Waals surface area contributed by atoms with Crippen LogP contribution in [0.1, 0.15) is 18.4 Å². The van der Waals surface area contributed by atoms with Crippen LogP contribution >= 0.6 is 35.6 Å². The van der Waals surface area contributed by atoms with Crippen LogP contribution in [0.2, 0.25) is 5.02 Å². The number of benzene rings is 2. The Hall–Kier alpha value is -2.20. The lowest BCUT2D eigenvalue weighted by Gasteiger charge is -2.09. The van der Waals surface area contributed by atoms with E-state index < -0.39 is 0 Å². The second-order valence-corrected chi connectivity index (χ2v) is 6.13. The van der Waals surface area contributed by atoms with Crippen molar-refractivity contribution in [3.05, 3.63) is 70.8 Å². The Morgan fingerprint density at radius 1 is 1.18 bits per heavy atom. The van der Waals surface area contributed by atoms with Crippen molar-refractivity contribution in [1.82, 2.24) is 20.8 Å². The van der Waals surface area contributed by atoms with E-state index in [4.69, 9.17) is 16.1 Å². The van der Waals surface area contributed by atoms with E-state index in [9.17, 15) is 4.39 Å². The number of aliphatic imine (C=N–C) groups is 1. The number of hydrogen-bond donors (Lipinski definition) is 2. The van der Waals surface area contributed by atoms with Gasteiger partial charge in [0.25, 0.3) is 0 Å². The molecule has 9 heteroatoms. The predicted molar refractivity (Wildman–Crippen MR) is 118 cm³/mol. The van der Waals surface area contributed by atoms with Crippen LogP contribution in [0.4, 0.5) is 4.39 Å². The zero-order valence-electron chi connectivity index (χ0n) is 15.2. The third-order valence-electron chi connectivity index (χ3n) is 3.63. The standard InChI is InChI=1S/C19H19ClFN5O.HI/c1-2-22-19(23-11-13-4-3-5-16(21)10-13)24-12-17-25-18(26-27-17)14-6-8-15(20)9-7-14;/h3-10H,2,11-12H2,1H3,(H2,22,23,24);1H. The second kappa shape index (κ2) is 11.0. The molecule has 3 rings (SSSR count). The van der Waals surface area contributed by atoms with Crippen LogP contribution in [0.5, 0.6) is 0 Å². The molecule has 2 aromatic carbocycles. The van der Waals surface area contributed by atoms with Crippen molar-refractivity contribution in [3.63, 3.8) is 0 Å². The first kappa shape index (κ1) is 22.1. The average Bonchev–Trinajstić information content (AvgIpc) is 3.14. The zero-order valence-corrected chi connectivity index (χ0v) is 18.2. The molecule has 0 atom stereocenters. The van der Waals surface area contributed by atoms with Crippen LogP contribution in [-0.4, -0.2) is 22.6 Å². The van der Waals surface area contributed by atoms with E-state index >= 15 is 0 Å². The Morgan fingerprint density at radius 3 is 2.68 bits per heavy atom. The summed E-state index contributed by atoms with van der Waals surface area (Å²) in [6, 6.07) is 13.6. The minimum atomic E-state index is -0.277. The molecule has 2 N–H and O–H groups in total. The molecule has 6 nitrogen and oxygen atoms in total. The quantitative estimate of drug-likeness (QED) is 0.289. The van der Waals surface area contributed by atoms with Gasteiger partial charge >= 0.3 is 0 Å². The van der Waals surface area contributed by atoms with Gasteiger partial charge in [0.2, 0.25) is 11.7 Å². The number of halogens is 3. The molecule has 0 unspecified atom stereocenters. The summed E-state index contributed by atoms with van der Waals surface area (Å²) >= 11 is 5.89. The monoisotopic (exact) mass is 515 g/mol. The number of guanidine groups is 1. The van der Waals surface area contributed by atoms with Crippen molar-refractivity contribution in [2.75, 3.05) is 6.54 Å². The summed E-state index contributed by atoms with van der Waals surface area (Å²) in [5, 5.41) is 10.9. The van der Waals surface area contributed by atoms with Crippen LogP contribution < -0.4 is 10.6 Å². The van der Waals surface area contributed by atoms with Gasteiger partial charge in [-0.05, 0) is 48.9 Å². The summed E-state index contributed by atoms with van der Waals surface area (Å²) in [5.41, 5.74) is 1.61. The van der Waals surface area contributed by atoms with Gasteiger partial charge in [0, 0.05) is 17.1 Å². The van der Waals surface area contributed by atoms with Crippen LogP contribution in [0.15, 0.2) is 58.0 Å². The Balaban J connectivity index is 0.00000280. The molecule has 0 bridgehead atoms. The van der Waals surface area contributed by atoms with Crippen molar-refractivity contribution in [2.24, 2.45) is 4.99 Å². The number of rotatable bonds is 6. The van der Waals surface area contributed by atoms with Gasteiger partial charge in [-0.2, -0.15) is 4.98 Å². The lowest BCUT2D eigenvalue weighted by Crippen LogP contribution is -2.36. The van der Waals surface area contributed by atoms with Gasteiger partial charge in [-0.3, -0.25) is 0 Å². The first-order valence-corrected chi connectivity index (χ1v) is 8.87. The Kier molecular flexibility index (Phi) is 8.65. The van der Waals surface area contributed by atoms with E-state index in [2.05, 4.69) is 25.8 Å². The largest absolute Gasteiger partial charge is 0.357 e. The summed E-state index contributed by atoms with van der Waals surface area (Å²) in [5.74, 6) is 1.22. The summed E-state index contributed by atoms with van der Waals surface area (Å²) in [6.07, 6.45) is 0. The van der Waals surface area contributed by atoms with E-state index in [1.165, 1.54) is 12.1 Å². The predicted octanol–water partition coefficient (Wildman–Crippen LogP) is 4.40. The molecule has 0 saturated carbocycles. The van der Waals surface area contributed by atoms with Gasteiger partial charge in [-0.1, -0.05) is 28.9 Å². The van der Waals surface area contributed by atoms with E-state index in [1.54, 1.807) is 18.2 Å². The topological polar surface area (TPSA) is 75.3 Å². The van der Waals surface area contributed by atoms with Gasteiger partial charge in [-0.25, -0.2) is 9.38 Å². The lowest BCUT2D eigenvalue weighted by atomic mass is 10.2. The number of nitrogens with one attached hydrogen (secondary N) is 2. The summed E-state index contributed by atoms with van der Waals surface area (Å²) in [6.45, 7) is 3.32. The molecule has 1 heterocycles. The molecule has 28 heavy (non-hydrogen) atoms. The maximum absolute atomic E-state index is 13.3. The zero-order chi connectivity index (χ0) is 19.1. The molecule has 0 fully saturated rings.